The van der Waals surface area contributed by atoms with Crippen LogP contribution in [0.5, 0.6) is 5.75 Å². The standard InChI is InChI=1S/C21H19BrClN3O2S/c22-15-6-7-18(16(23)10-15)28-13-20(27)25-21-24-17-8-9-26(12-19(17)29-21)11-14-4-2-1-3-5-14/h1-7,10H,8-9,11-13H2,(H,24,25,27). The van der Waals surface area contributed by atoms with E-state index in [2.05, 4.69) is 55.4 Å². The fourth-order valence-electron chi connectivity index (χ4n) is 3.17. The minimum atomic E-state index is -0.253. The fraction of sp³-hybridized carbons (Fsp3) is 0.238. The first-order chi connectivity index (χ1) is 14.1. The molecule has 0 atom stereocenters. The van der Waals surface area contributed by atoms with Gasteiger partial charge in [0.15, 0.2) is 11.7 Å². The van der Waals surface area contributed by atoms with Crippen LogP contribution in [-0.4, -0.2) is 28.9 Å². The minimum absolute atomic E-state index is 0.119. The third-order valence-electron chi connectivity index (χ3n) is 4.56. The van der Waals surface area contributed by atoms with Crippen LogP contribution in [0.15, 0.2) is 53.0 Å². The first kappa shape index (κ1) is 20.3. The highest BCUT2D eigenvalue weighted by Crippen LogP contribution is 2.30. The lowest BCUT2D eigenvalue weighted by Gasteiger charge is -2.25. The SMILES string of the molecule is O=C(COc1ccc(Br)cc1Cl)Nc1nc2c(s1)CN(Cc1ccccc1)CC2. The third kappa shape index (κ3) is 5.36. The number of hydrogen-bond acceptors (Lipinski definition) is 5. The van der Waals surface area contributed by atoms with E-state index in [-0.39, 0.29) is 12.5 Å². The first-order valence-corrected chi connectivity index (χ1v) is 11.2. The molecule has 1 N–H and O–H groups in total. The van der Waals surface area contributed by atoms with Crippen molar-refractivity contribution in [3.63, 3.8) is 0 Å². The minimum Gasteiger partial charge on any atom is -0.482 e. The van der Waals surface area contributed by atoms with Gasteiger partial charge in [-0.15, -0.1) is 11.3 Å². The summed E-state index contributed by atoms with van der Waals surface area (Å²) >= 11 is 11.0. The van der Waals surface area contributed by atoms with Gasteiger partial charge in [-0.1, -0.05) is 57.9 Å². The summed E-state index contributed by atoms with van der Waals surface area (Å²) in [6.07, 6.45) is 0.888. The molecular weight excluding hydrogens is 474 g/mol. The van der Waals surface area contributed by atoms with E-state index in [1.807, 2.05) is 12.1 Å². The summed E-state index contributed by atoms with van der Waals surface area (Å²) in [5.41, 5.74) is 2.38. The van der Waals surface area contributed by atoms with E-state index in [1.165, 1.54) is 21.8 Å². The van der Waals surface area contributed by atoms with Crippen LogP contribution in [0, 0.1) is 0 Å². The van der Waals surface area contributed by atoms with Crippen LogP contribution in [0.3, 0.4) is 0 Å². The highest BCUT2D eigenvalue weighted by molar-refractivity contribution is 9.10. The summed E-state index contributed by atoms with van der Waals surface area (Å²) in [4.78, 5) is 20.4. The quantitative estimate of drug-likeness (QED) is 0.518. The number of thiazole rings is 1. The number of halogens is 2. The summed E-state index contributed by atoms with van der Waals surface area (Å²) in [6, 6.07) is 15.7. The first-order valence-electron chi connectivity index (χ1n) is 9.19. The molecule has 1 amide bonds. The lowest BCUT2D eigenvalue weighted by atomic mass is 10.1. The zero-order valence-corrected chi connectivity index (χ0v) is 18.7. The van der Waals surface area contributed by atoms with Gasteiger partial charge in [-0.2, -0.15) is 0 Å². The Morgan fingerprint density at radius 3 is 2.90 bits per heavy atom. The van der Waals surface area contributed by atoms with Gasteiger partial charge in [-0.3, -0.25) is 15.0 Å². The molecule has 0 saturated carbocycles. The van der Waals surface area contributed by atoms with Crippen LogP contribution in [0.2, 0.25) is 5.02 Å². The smallest absolute Gasteiger partial charge is 0.264 e. The molecule has 2 aromatic carbocycles. The van der Waals surface area contributed by atoms with Crippen molar-refractivity contribution in [3.05, 3.63) is 74.2 Å². The maximum atomic E-state index is 12.3. The van der Waals surface area contributed by atoms with E-state index in [1.54, 1.807) is 12.1 Å². The highest BCUT2D eigenvalue weighted by Gasteiger charge is 2.21. The lowest BCUT2D eigenvalue weighted by molar-refractivity contribution is -0.118. The molecule has 2 heterocycles. The number of rotatable bonds is 6. The lowest BCUT2D eigenvalue weighted by Crippen LogP contribution is -2.29. The Morgan fingerprint density at radius 1 is 1.28 bits per heavy atom. The molecule has 3 aromatic rings. The molecule has 0 unspecified atom stereocenters. The zero-order chi connectivity index (χ0) is 20.2. The van der Waals surface area contributed by atoms with E-state index in [9.17, 15) is 4.79 Å². The second-order valence-corrected chi connectivity index (χ2v) is 9.15. The van der Waals surface area contributed by atoms with Crippen LogP contribution in [0.4, 0.5) is 5.13 Å². The number of ether oxygens (including phenoxy) is 1. The Bertz CT molecular complexity index is 1010. The molecule has 5 nitrogen and oxygen atoms in total. The molecule has 0 radical (unpaired) electrons. The van der Waals surface area contributed by atoms with E-state index in [4.69, 9.17) is 16.3 Å². The molecule has 1 aliphatic heterocycles. The number of aromatic nitrogens is 1. The van der Waals surface area contributed by atoms with Crippen molar-refractivity contribution in [2.75, 3.05) is 18.5 Å². The Morgan fingerprint density at radius 2 is 2.10 bits per heavy atom. The topological polar surface area (TPSA) is 54.5 Å². The number of nitrogens with zero attached hydrogens (tertiary/aromatic N) is 2. The van der Waals surface area contributed by atoms with Gasteiger partial charge < -0.3 is 4.74 Å². The molecular formula is C21H19BrClN3O2S. The van der Waals surface area contributed by atoms with Gasteiger partial charge in [0.1, 0.15) is 5.75 Å². The van der Waals surface area contributed by atoms with Crippen molar-refractivity contribution >= 4 is 49.9 Å². The largest absolute Gasteiger partial charge is 0.482 e. The van der Waals surface area contributed by atoms with Crippen molar-refractivity contribution < 1.29 is 9.53 Å². The molecule has 0 aliphatic carbocycles. The summed E-state index contributed by atoms with van der Waals surface area (Å²) in [5.74, 6) is 0.219. The van der Waals surface area contributed by atoms with Crippen molar-refractivity contribution in [1.82, 2.24) is 9.88 Å². The number of hydrogen-bond donors (Lipinski definition) is 1. The predicted molar refractivity (Wildman–Crippen MR) is 120 cm³/mol. The van der Waals surface area contributed by atoms with E-state index in [0.717, 1.165) is 36.2 Å². The monoisotopic (exact) mass is 491 g/mol. The Labute approximate surface area is 186 Å². The molecule has 150 valence electrons. The molecule has 0 saturated heterocycles. The molecule has 0 fully saturated rings. The summed E-state index contributed by atoms with van der Waals surface area (Å²) in [7, 11) is 0. The summed E-state index contributed by atoms with van der Waals surface area (Å²) < 4.78 is 6.37. The van der Waals surface area contributed by atoms with Gasteiger partial charge >= 0.3 is 0 Å². The maximum Gasteiger partial charge on any atom is 0.264 e. The number of nitrogens with one attached hydrogen (secondary N) is 1. The van der Waals surface area contributed by atoms with Crippen molar-refractivity contribution in [2.24, 2.45) is 0 Å². The number of anilines is 1. The Balaban J connectivity index is 1.32. The molecule has 1 aliphatic rings. The third-order valence-corrected chi connectivity index (χ3v) is 6.34. The number of carbonyl (C=O) groups is 1. The molecule has 29 heavy (non-hydrogen) atoms. The van der Waals surface area contributed by atoms with E-state index < -0.39 is 0 Å². The average Bonchev–Trinajstić information content (AvgIpc) is 3.09. The van der Waals surface area contributed by atoms with Crippen LogP contribution in [-0.2, 0) is 24.3 Å². The molecule has 8 heteroatoms. The van der Waals surface area contributed by atoms with Crippen molar-refractivity contribution in [2.45, 2.75) is 19.5 Å². The summed E-state index contributed by atoms with van der Waals surface area (Å²) in [5, 5.41) is 3.91. The van der Waals surface area contributed by atoms with Crippen molar-refractivity contribution in [1.29, 1.82) is 0 Å². The predicted octanol–water partition coefficient (Wildman–Crippen LogP) is 5.13. The van der Waals surface area contributed by atoms with Gasteiger partial charge in [-0.05, 0) is 23.8 Å². The number of amides is 1. The van der Waals surface area contributed by atoms with Gasteiger partial charge in [0, 0.05) is 35.4 Å². The molecule has 0 spiro atoms. The Hall–Kier alpha value is -1.93. The van der Waals surface area contributed by atoms with Gasteiger partial charge in [-0.25, -0.2) is 4.98 Å². The molecule has 0 bridgehead atoms. The van der Waals surface area contributed by atoms with E-state index in [0.29, 0.717) is 15.9 Å². The molecule has 1 aromatic heterocycles. The van der Waals surface area contributed by atoms with Crippen LogP contribution in [0.25, 0.3) is 0 Å². The number of carbonyl (C=O) groups excluding carboxylic acids is 1. The second kappa shape index (κ2) is 9.26. The van der Waals surface area contributed by atoms with Gasteiger partial charge in [0.2, 0.25) is 0 Å². The average molecular weight is 493 g/mol. The number of benzene rings is 2. The van der Waals surface area contributed by atoms with Gasteiger partial charge in [0.25, 0.3) is 5.91 Å². The maximum absolute atomic E-state index is 12.3. The van der Waals surface area contributed by atoms with Crippen LogP contribution in [0.1, 0.15) is 16.1 Å². The van der Waals surface area contributed by atoms with Crippen molar-refractivity contribution in [3.8, 4) is 5.75 Å². The van der Waals surface area contributed by atoms with E-state index >= 15 is 0 Å². The summed E-state index contributed by atoms with van der Waals surface area (Å²) in [6.45, 7) is 2.61. The normalized spacial score (nSPS) is 13.7. The fourth-order valence-corrected chi connectivity index (χ4v) is 4.96. The van der Waals surface area contributed by atoms with Crippen LogP contribution >= 0.6 is 38.9 Å². The second-order valence-electron chi connectivity index (χ2n) is 6.75. The number of fused-ring (bicyclic) bond motifs is 1. The van der Waals surface area contributed by atoms with Gasteiger partial charge in [0.05, 0.1) is 10.7 Å². The highest BCUT2D eigenvalue weighted by atomic mass is 79.9. The zero-order valence-electron chi connectivity index (χ0n) is 15.5. The van der Waals surface area contributed by atoms with Crippen LogP contribution < -0.4 is 10.1 Å². The molecule has 4 rings (SSSR count). The Kier molecular flexibility index (Phi) is 6.50.